The molecule has 43 heavy (non-hydrogen) atoms. The molecule has 3 aromatic rings. The van der Waals surface area contributed by atoms with Gasteiger partial charge < -0.3 is 20.3 Å². The van der Waals surface area contributed by atoms with Crippen LogP contribution < -0.4 is 15.4 Å². The van der Waals surface area contributed by atoms with Gasteiger partial charge in [-0.3, -0.25) is 19.1 Å². The second-order valence-corrected chi connectivity index (χ2v) is 12.8. The summed E-state index contributed by atoms with van der Waals surface area (Å²) in [6.45, 7) is 1.62. The predicted octanol–water partition coefficient (Wildman–Crippen LogP) is 1.88. The van der Waals surface area contributed by atoms with E-state index in [-0.39, 0.29) is 43.9 Å². The second kappa shape index (κ2) is 12.6. The topological polar surface area (TPSA) is 143 Å². The van der Waals surface area contributed by atoms with Gasteiger partial charge in [-0.25, -0.2) is 8.42 Å². The van der Waals surface area contributed by atoms with Crippen LogP contribution in [-0.4, -0.2) is 84.7 Å². The van der Waals surface area contributed by atoms with Crippen molar-refractivity contribution in [3.63, 3.8) is 0 Å². The highest BCUT2D eigenvalue weighted by atomic mass is 32.2. The number of ether oxygens (including phenoxy) is 1. The number of carbonyl (C=O) groups excluding carboxylic acids is 3. The van der Waals surface area contributed by atoms with Crippen LogP contribution >= 0.6 is 0 Å². The van der Waals surface area contributed by atoms with Crippen molar-refractivity contribution in [1.82, 2.24) is 29.6 Å². The number of rotatable bonds is 10. The summed E-state index contributed by atoms with van der Waals surface area (Å²) in [6.07, 6.45) is 3.37. The molecule has 228 valence electrons. The summed E-state index contributed by atoms with van der Waals surface area (Å²) >= 11 is 0. The van der Waals surface area contributed by atoms with E-state index in [1.807, 2.05) is 6.07 Å². The van der Waals surface area contributed by atoms with Crippen LogP contribution in [0.25, 0.3) is 0 Å². The molecule has 2 N–H and O–H groups in total. The van der Waals surface area contributed by atoms with Crippen LogP contribution in [-0.2, 0) is 30.2 Å². The first-order chi connectivity index (χ1) is 20.5. The Hall–Kier alpha value is -4.23. The van der Waals surface area contributed by atoms with Crippen LogP contribution in [0.3, 0.4) is 0 Å². The van der Waals surface area contributed by atoms with Crippen molar-refractivity contribution in [1.29, 1.82) is 0 Å². The molecule has 13 heteroatoms. The highest BCUT2D eigenvalue weighted by molar-refractivity contribution is 7.88. The molecule has 0 spiro atoms. The van der Waals surface area contributed by atoms with Crippen molar-refractivity contribution in [3.8, 4) is 5.75 Å². The van der Waals surface area contributed by atoms with E-state index in [2.05, 4.69) is 15.7 Å². The number of methoxy groups -OCH3 is 1. The number of aryl methyl sites for hydroxylation is 1. The van der Waals surface area contributed by atoms with Gasteiger partial charge in [0.2, 0.25) is 10.0 Å². The lowest BCUT2D eigenvalue weighted by Gasteiger charge is -2.33. The fraction of sp³-hybridized carbons (Fsp3) is 0.400. The first-order valence-corrected chi connectivity index (χ1v) is 16.0. The van der Waals surface area contributed by atoms with Gasteiger partial charge in [0.05, 0.1) is 24.6 Å². The molecular weight excluding hydrogens is 572 g/mol. The average molecular weight is 609 g/mol. The first-order valence-electron chi connectivity index (χ1n) is 14.1. The van der Waals surface area contributed by atoms with E-state index in [1.165, 1.54) is 17.7 Å². The number of amides is 3. The maximum Gasteiger partial charge on any atom is 0.269 e. The molecule has 2 fully saturated rings. The third-order valence-corrected chi connectivity index (χ3v) is 9.06. The molecule has 12 nitrogen and oxygen atoms in total. The zero-order valence-corrected chi connectivity index (χ0v) is 25.3. The van der Waals surface area contributed by atoms with Gasteiger partial charge in [0, 0.05) is 63.4 Å². The Bertz CT molecular complexity index is 1620. The molecule has 1 saturated heterocycles. The standard InChI is InChI=1S/C30H36N6O6S/c1-34-26(17-25(33-34)21-11-12-21)29(38)32-19-23-5-4-6-24(27(23)42-2)28(37)31-18-20-7-9-22(10-8-20)30(39)35-13-15-36(16-14-35)43(3,40)41/h4-10,17,21H,11-16,18-19H2,1-3H3,(H,31,37)(H,32,38). The lowest BCUT2D eigenvalue weighted by Crippen LogP contribution is -2.50. The predicted molar refractivity (Wildman–Crippen MR) is 159 cm³/mol. The molecule has 3 amide bonds. The van der Waals surface area contributed by atoms with Gasteiger partial charge in [0.25, 0.3) is 17.7 Å². The van der Waals surface area contributed by atoms with Crippen LogP contribution in [0.15, 0.2) is 48.5 Å². The smallest absolute Gasteiger partial charge is 0.269 e. The molecule has 5 rings (SSSR count). The molecule has 1 aromatic heterocycles. The normalized spacial score (nSPS) is 15.7. The van der Waals surface area contributed by atoms with Gasteiger partial charge in [-0.15, -0.1) is 0 Å². The summed E-state index contributed by atoms with van der Waals surface area (Å²) in [4.78, 5) is 40.5. The first kappa shape index (κ1) is 30.2. The zero-order chi connectivity index (χ0) is 30.7. The average Bonchev–Trinajstić information content (AvgIpc) is 3.79. The van der Waals surface area contributed by atoms with E-state index >= 15 is 0 Å². The third-order valence-electron chi connectivity index (χ3n) is 7.76. The fourth-order valence-corrected chi connectivity index (χ4v) is 5.97. The Morgan fingerprint density at radius 3 is 2.26 bits per heavy atom. The molecule has 0 unspecified atom stereocenters. The minimum atomic E-state index is -3.27. The van der Waals surface area contributed by atoms with Gasteiger partial charge in [0.15, 0.2) is 0 Å². The number of benzene rings is 2. The fourth-order valence-electron chi connectivity index (χ4n) is 5.14. The Kier molecular flexibility index (Phi) is 8.83. The Morgan fingerprint density at radius 2 is 1.63 bits per heavy atom. The summed E-state index contributed by atoms with van der Waals surface area (Å²) in [7, 11) is -0.0350. The summed E-state index contributed by atoms with van der Waals surface area (Å²) in [5, 5.41) is 10.2. The number of nitrogens with zero attached hydrogens (tertiary/aromatic N) is 4. The van der Waals surface area contributed by atoms with Crippen molar-refractivity contribution < 1.29 is 27.5 Å². The van der Waals surface area contributed by atoms with Crippen molar-refractivity contribution in [2.75, 3.05) is 39.5 Å². The number of hydrogen-bond acceptors (Lipinski definition) is 7. The summed E-state index contributed by atoms with van der Waals surface area (Å²) in [6, 6.07) is 14.0. The molecule has 0 atom stereocenters. The van der Waals surface area contributed by atoms with Gasteiger partial charge in [-0.05, 0) is 42.7 Å². The highest BCUT2D eigenvalue weighted by Crippen LogP contribution is 2.39. The van der Waals surface area contributed by atoms with Crippen LogP contribution in [0.2, 0.25) is 0 Å². The Morgan fingerprint density at radius 1 is 0.953 bits per heavy atom. The van der Waals surface area contributed by atoms with Crippen LogP contribution in [0.4, 0.5) is 0 Å². The summed E-state index contributed by atoms with van der Waals surface area (Å²) in [5.41, 5.74) is 3.72. The maximum atomic E-state index is 13.1. The van der Waals surface area contributed by atoms with Gasteiger partial charge in [-0.2, -0.15) is 9.40 Å². The van der Waals surface area contributed by atoms with Crippen molar-refractivity contribution >= 4 is 27.7 Å². The van der Waals surface area contributed by atoms with E-state index in [1.54, 1.807) is 59.1 Å². The SMILES string of the molecule is COc1c(CNC(=O)c2cc(C3CC3)nn2C)cccc1C(=O)NCc1ccc(C(=O)N2CCN(S(C)(=O)=O)CC2)cc1. The monoisotopic (exact) mass is 608 g/mol. The Labute approximate surface area is 251 Å². The second-order valence-electron chi connectivity index (χ2n) is 10.9. The minimum Gasteiger partial charge on any atom is -0.496 e. The summed E-state index contributed by atoms with van der Waals surface area (Å²) < 4.78 is 32.0. The number of piperazine rings is 1. The van der Waals surface area contributed by atoms with E-state index in [0.29, 0.717) is 47.1 Å². The van der Waals surface area contributed by atoms with Crippen molar-refractivity contribution in [2.45, 2.75) is 31.8 Å². The Balaban J connectivity index is 1.16. The molecule has 1 saturated carbocycles. The van der Waals surface area contributed by atoms with Crippen LogP contribution in [0, 0.1) is 0 Å². The maximum absolute atomic E-state index is 13.1. The number of para-hydroxylation sites is 1. The molecule has 1 aliphatic carbocycles. The van der Waals surface area contributed by atoms with E-state index in [0.717, 1.165) is 24.1 Å². The number of sulfonamides is 1. The van der Waals surface area contributed by atoms with Crippen molar-refractivity contribution in [2.24, 2.45) is 7.05 Å². The molecule has 2 heterocycles. The molecule has 1 aliphatic heterocycles. The molecular formula is C30H36N6O6S. The van der Waals surface area contributed by atoms with Gasteiger partial charge in [-0.1, -0.05) is 24.3 Å². The number of nitrogens with one attached hydrogen (secondary N) is 2. The minimum absolute atomic E-state index is 0.163. The van der Waals surface area contributed by atoms with E-state index in [4.69, 9.17) is 4.74 Å². The number of aromatic nitrogens is 2. The lowest BCUT2D eigenvalue weighted by atomic mass is 10.1. The van der Waals surface area contributed by atoms with Gasteiger partial charge >= 0.3 is 0 Å². The molecule has 0 radical (unpaired) electrons. The summed E-state index contributed by atoms with van der Waals surface area (Å²) in [5.74, 6) is 0.0665. The van der Waals surface area contributed by atoms with Gasteiger partial charge in [0.1, 0.15) is 11.4 Å². The lowest BCUT2D eigenvalue weighted by molar-refractivity contribution is 0.0697. The highest BCUT2D eigenvalue weighted by Gasteiger charge is 2.28. The van der Waals surface area contributed by atoms with Crippen molar-refractivity contribution in [3.05, 3.63) is 82.2 Å². The third kappa shape index (κ3) is 7.05. The largest absolute Gasteiger partial charge is 0.496 e. The quantitative estimate of drug-likeness (QED) is 0.358. The molecule has 0 bridgehead atoms. The van der Waals surface area contributed by atoms with Crippen LogP contribution in [0.5, 0.6) is 5.75 Å². The molecule has 2 aliphatic rings. The van der Waals surface area contributed by atoms with Crippen LogP contribution in [0.1, 0.15) is 66.8 Å². The number of carbonyl (C=O) groups is 3. The number of hydrogen-bond donors (Lipinski definition) is 2. The van der Waals surface area contributed by atoms with E-state index < -0.39 is 10.0 Å². The zero-order valence-electron chi connectivity index (χ0n) is 24.5. The molecule has 2 aromatic carbocycles. The van der Waals surface area contributed by atoms with E-state index in [9.17, 15) is 22.8 Å².